The molecule has 0 N–H and O–H groups in total. The molecule has 0 atom stereocenters. The molecule has 4 rings (SSSR count). The second kappa shape index (κ2) is 11.3. The van der Waals surface area contributed by atoms with Crippen molar-refractivity contribution in [2.45, 2.75) is 13.5 Å². The molecule has 186 valence electrons. The van der Waals surface area contributed by atoms with Crippen LogP contribution in [0.15, 0.2) is 72.8 Å². The molecule has 9 heteroatoms. The smallest absolute Gasteiger partial charge is 0.254 e. The summed E-state index contributed by atoms with van der Waals surface area (Å²) in [6.45, 7) is 2.41. The van der Waals surface area contributed by atoms with Crippen LogP contribution in [0.25, 0.3) is 5.69 Å². The second-order valence-corrected chi connectivity index (χ2v) is 8.48. The van der Waals surface area contributed by atoms with Gasteiger partial charge in [-0.2, -0.15) is 5.10 Å². The summed E-state index contributed by atoms with van der Waals surface area (Å²) in [6.07, 6.45) is 0. The lowest BCUT2D eigenvalue weighted by atomic mass is 10.1. The minimum absolute atomic E-state index is 0.1000. The average Bonchev–Trinajstić information content (AvgIpc) is 3.16. The molecule has 0 saturated heterocycles. The number of ether oxygens (including phenoxy) is 2. The van der Waals surface area contributed by atoms with Crippen molar-refractivity contribution in [3.63, 3.8) is 0 Å². The van der Waals surface area contributed by atoms with Crippen molar-refractivity contribution in [1.29, 1.82) is 0 Å². The standard InChI is InChI=1S/C27H24ClF2N3O3/c1-18-25(17-32(13-14-35-2)26(34)19-5-3-6-21(29)15-19)27(36-24-8-4-7-22(30)16-24)33(31-18)23-11-9-20(28)10-12-23/h3-12,15-16H,13-14,17H2,1-2H3. The van der Waals surface area contributed by atoms with Gasteiger partial charge in [0.15, 0.2) is 0 Å². The molecule has 0 unspecified atom stereocenters. The topological polar surface area (TPSA) is 56.6 Å². The molecule has 0 fully saturated rings. The fraction of sp³-hybridized carbons (Fsp3) is 0.185. The van der Waals surface area contributed by atoms with Crippen molar-refractivity contribution in [3.05, 3.63) is 106 Å². The van der Waals surface area contributed by atoms with Gasteiger partial charge in [0.25, 0.3) is 5.91 Å². The minimum atomic E-state index is -0.505. The SMILES string of the molecule is COCCN(Cc1c(C)nn(-c2ccc(Cl)cc2)c1Oc1cccc(F)c1)C(=O)c1cccc(F)c1. The Morgan fingerprint density at radius 3 is 2.39 bits per heavy atom. The highest BCUT2D eigenvalue weighted by Crippen LogP contribution is 2.32. The van der Waals surface area contributed by atoms with Crippen LogP contribution in [0, 0.1) is 18.6 Å². The van der Waals surface area contributed by atoms with Gasteiger partial charge in [0.1, 0.15) is 17.4 Å². The van der Waals surface area contributed by atoms with Gasteiger partial charge in [-0.25, -0.2) is 13.5 Å². The highest BCUT2D eigenvalue weighted by atomic mass is 35.5. The first-order chi connectivity index (χ1) is 17.4. The predicted octanol–water partition coefficient (Wildman–Crippen LogP) is 6.19. The molecule has 1 amide bonds. The third-order valence-corrected chi connectivity index (χ3v) is 5.74. The van der Waals surface area contributed by atoms with Gasteiger partial charge in [0.2, 0.25) is 5.88 Å². The maximum absolute atomic E-state index is 13.9. The molecule has 36 heavy (non-hydrogen) atoms. The molecule has 3 aromatic carbocycles. The first kappa shape index (κ1) is 25.3. The van der Waals surface area contributed by atoms with Crippen LogP contribution in [0.5, 0.6) is 11.6 Å². The number of carbonyl (C=O) groups is 1. The lowest BCUT2D eigenvalue weighted by Gasteiger charge is -2.23. The summed E-state index contributed by atoms with van der Waals surface area (Å²) >= 11 is 6.06. The van der Waals surface area contributed by atoms with E-state index in [0.29, 0.717) is 27.8 Å². The number of hydrogen-bond donors (Lipinski definition) is 0. The number of amides is 1. The molecule has 4 aromatic rings. The van der Waals surface area contributed by atoms with Gasteiger partial charge in [0.05, 0.1) is 30.1 Å². The molecular weight excluding hydrogens is 488 g/mol. The van der Waals surface area contributed by atoms with Crippen LogP contribution in [0.1, 0.15) is 21.6 Å². The first-order valence-corrected chi connectivity index (χ1v) is 11.5. The maximum atomic E-state index is 13.9. The summed E-state index contributed by atoms with van der Waals surface area (Å²) < 4.78 is 40.6. The van der Waals surface area contributed by atoms with Gasteiger partial charge in [-0.15, -0.1) is 0 Å². The summed E-state index contributed by atoms with van der Waals surface area (Å²) in [7, 11) is 1.53. The zero-order valence-electron chi connectivity index (χ0n) is 19.7. The molecule has 0 spiro atoms. The van der Waals surface area contributed by atoms with E-state index in [9.17, 15) is 13.6 Å². The van der Waals surface area contributed by atoms with Crippen LogP contribution in [0.3, 0.4) is 0 Å². The van der Waals surface area contributed by atoms with Crippen LogP contribution in [0.2, 0.25) is 5.02 Å². The Morgan fingerprint density at radius 1 is 1.03 bits per heavy atom. The number of hydrogen-bond acceptors (Lipinski definition) is 4. The van der Waals surface area contributed by atoms with Crippen LogP contribution in [-0.2, 0) is 11.3 Å². The number of rotatable bonds is 9. The number of aromatic nitrogens is 2. The van der Waals surface area contributed by atoms with Gasteiger partial charge in [-0.1, -0.05) is 23.7 Å². The molecule has 0 bridgehead atoms. The number of nitrogens with zero attached hydrogens (tertiary/aromatic N) is 3. The van der Waals surface area contributed by atoms with Crippen LogP contribution in [0.4, 0.5) is 8.78 Å². The van der Waals surface area contributed by atoms with Crippen molar-refractivity contribution in [1.82, 2.24) is 14.7 Å². The molecule has 0 radical (unpaired) electrons. The van der Waals surface area contributed by atoms with E-state index in [2.05, 4.69) is 5.10 Å². The zero-order chi connectivity index (χ0) is 25.7. The van der Waals surface area contributed by atoms with E-state index in [0.717, 1.165) is 0 Å². The van der Waals surface area contributed by atoms with Crippen molar-refractivity contribution in [2.24, 2.45) is 0 Å². The van der Waals surface area contributed by atoms with Crippen LogP contribution >= 0.6 is 11.6 Å². The number of methoxy groups -OCH3 is 1. The molecule has 1 heterocycles. The average molecular weight is 512 g/mol. The summed E-state index contributed by atoms with van der Waals surface area (Å²) in [6, 6.07) is 18.3. The van der Waals surface area contributed by atoms with E-state index in [4.69, 9.17) is 21.1 Å². The fourth-order valence-corrected chi connectivity index (χ4v) is 3.80. The highest BCUT2D eigenvalue weighted by Gasteiger charge is 2.24. The molecular formula is C27H24ClF2N3O3. The van der Waals surface area contributed by atoms with Gasteiger partial charge in [0, 0.05) is 30.3 Å². The normalized spacial score (nSPS) is 10.9. The van der Waals surface area contributed by atoms with Gasteiger partial charge < -0.3 is 14.4 Å². The Balaban J connectivity index is 1.77. The summed E-state index contributed by atoms with van der Waals surface area (Å²) in [5.41, 5.74) is 2.09. The fourth-order valence-electron chi connectivity index (χ4n) is 3.67. The Morgan fingerprint density at radius 2 is 1.72 bits per heavy atom. The zero-order valence-corrected chi connectivity index (χ0v) is 20.5. The predicted molar refractivity (Wildman–Crippen MR) is 133 cm³/mol. The molecule has 0 aliphatic carbocycles. The van der Waals surface area contributed by atoms with Gasteiger partial charge in [-0.3, -0.25) is 4.79 Å². The highest BCUT2D eigenvalue weighted by molar-refractivity contribution is 6.30. The lowest BCUT2D eigenvalue weighted by Crippen LogP contribution is -2.33. The first-order valence-electron chi connectivity index (χ1n) is 11.2. The molecule has 0 aliphatic heterocycles. The third kappa shape index (κ3) is 5.90. The number of halogens is 3. The third-order valence-electron chi connectivity index (χ3n) is 5.49. The molecule has 0 aliphatic rings. The Kier molecular flexibility index (Phi) is 7.97. The number of carbonyl (C=O) groups excluding carboxylic acids is 1. The van der Waals surface area contributed by atoms with Crippen LogP contribution in [-0.4, -0.2) is 40.8 Å². The Hall–Kier alpha value is -3.75. The van der Waals surface area contributed by atoms with Crippen molar-refractivity contribution in [2.75, 3.05) is 20.3 Å². The second-order valence-electron chi connectivity index (χ2n) is 8.05. The van der Waals surface area contributed by atoms with Crippen molar-refractivity contribution < 1.29 is 23.0 Å². The van der Waals surface area contributed by atoms with Gasteiger partial charge >= 0.3 is 0 Å². The quantitative estimate of drug-likeness (QED) is 0.269. The Bertz CT molecular complexity index is 1360. The van der Waals surface area contributed by atoms with E-state index in [1.807, 2.05) is 0 Å². The summed E-state index contributed by atoms with van der Waals surface area (Å²) in [5, 5.41) is 5.19. The number of benzene rings is 3. The van der Waals surface area contributed by atoms with E-state index >= 15 is 0 Å². The van der Waals surface area contributed by atoms with Crippen LogP contribution < -0.4 is 4.74 Å². The largest absolute Gasteiger partial charge is 0.438 e. The van der Waals surface area contributed by atoms with E-state index < -0.39 is 11.6 Å². The lowest BCUT2D eigenvalue weighted by molar-refractivity contribution is 0.0678. The van der Waals surface area contributed by atoms with Gasteiger partial charge in [-0.05, 0) is 61.5 Å². The van der Waals surface area contributed by atoms with E-state index in [-0.39, 0.29) is 36.9 Å². The van der Waals surface area contributed by atoms with Crippen molar-refractivity contribution in [3.8, 4) is 17.3 Å². The summed E-state index contributed by atoms with van der Waals surface area (Å²) in [5.74, 6) is -0.746. The number of aryl methyl sites for hydroxylation is 1. The molecule has 0 saturated carbocycles. The maximum Gasteiger partial charge on any atom is 0.254 e. The Labute approximate surface area is 212 Å². The van der Waals surface area contributed by atoms with E-state index in [1.54, 1.807) is 54.1 Å². The molecule has 1 aromatic heterocycles. The van der Waals surface area contributed by atoms with E-state index in [1.165, 1.54) is 42.3 Å². The molecule has 6 nitrogen and oxygen atoms in total. The van der Waals surface area contributed by atoms with Crippen molar-refractivity contribution >= 4 is 17.5 Å². The monoisotopic (exact) mass is 511 g/mol. The summed E-state index contributed by atoms with van der Waals surface area (Å²) in [4.78, 5) is 14.9. The minimum Gasteiger partial charge on any atom is -0.438 e.